The first-order valence-corrected chi connectivity index (χ1v) is 9.51. The van der Waals surface area contributed by atoms with Crippen molar-refractivity contribution < 1.29 is 14.1 Å². The zero-order valence-corrected chi connectivity index (χ0v) is 16.8. The summed E-state index contributed by atoms with van der Waals surface area (Å²) in [6.07, 6.45) is 0. The highest BCUT2D eigenvalue weighted by Gasteiger charge is 2.31. The maximum atomic E-state index is 13.6. The van der Waals surface area contributed by atoms with Gasteiger partial charge in [-0.2, -0.15) is 0 Å². The predicted molar refractivity (Wildman–Crippen MR) is 109 cm³/mol. The molecule has 1 aliphatic heterocycles. The number of hydrogen-bond donors (Lipinski definition) is 1. The smallest absolute Gasteiger partial charge is 0.269 e. The Morgan fingerprint density at radius 3 is 2.68 bits per heavy atom. The highest BCUT2D eigenvalue weighted by atomic mass is 35.5. The topological polar surface area (TPSA) is 75.5 Å². The molecule has 0 radical (unpaired) electrons. The van der Waals surface area contributed by atoms with E-state index < -0.39 is 4.92 Å². The standard InChI is InChI=1S/C19H20FN3O3S.ClH/c1-13(27-17-7-5-16(6-8-17)23(25)26)19(24)22-10-9-21-12-18(22)14-3-2-4-15(20)11-14;/h2-8,11,13,18,21H,9-10,12H2,1H3;1H. The van der Waals surface area contributed by atoms with E-state index in [2.05, 4.69) is 5.32 Å². The lowest BCUT2D eigenvalue weighted by Crippen LogP contribution is -2.50. The second-order valence-corrected chi connectivity index (χ2v) is 7.73. The van der Waals surface area contributed by atoms with Crippen molar-refractivity contribution in [3.8, 4) is 0 Å². The van der Waals surface area contributed by atoms with E-state index in [0.29, 0.717) is 19.6 Å². The molecule has 0 aromatic heterocycles. The van der Waals surface area contributed by atoms with Crippen LogP contribution >= 0.6 is 24.2 Å². The third-order valence-corrected chi connectivity index (χ3v) is 5.57. The molecular weight excluding hydrogens is 405 g/mol. The van der Waals surface area contributed by atoms with E-state index in [1.165, 1.54) is 36.0 Å². The Balaban J connectivity index is 0.00000280. The molecule has 2 aromatic rings. The molecule has 1 aliphatic rings. The maximum absolute atomic E-state index is 13.6. The van der Waals surface area contributed by atoms with Crippen molar-refractivity contribution in [3.05, 3.63) is 70.0 Å². The summed E-state index contributed by atoms with van der Waals surface area (Å²) in [6.45, 7) is 3.63. The van der Waals surface area contributed by atoms with Gasteiger partial charge in [-0.25, -0.2) is 4.39 Å². The average Bonchev–Trinajstić information content (AvgIpc) is 2.67. The van der Waals surface area contributed by atoms with Crippen LogP contribution < -0.4 is 5.32 Å². The number of rotatable bonds is 5. The molecule has 150 valence electrons. The Kier molecular flexibility index (Phi) is 7.79. The molecule has 0 aliphatic carbocycles. The fourth-order valence-corrected chi connectivity index (χ4v) is 4.05. The monoisotopic (exact) mass is 425 g/mol. The van der Waals surface area contributed by atoms with Crippen molar-refractivity contribution in [1.29, 1.82) is 0 Å². The Morgan fingerprint density at radius 1 is 1.32 bits per heavy atom. The molecule has 0 saturated carbocycles. The quantitative estimate of drug-likeness (QED) is 0.448. The van der Waals surface area contributed by atoms with Gasteiger partial charge in [-0.15, -0.1) is 24.2 Å². The lowest BCUT2D eigenvalue weighted by Gasteiger charge is -2.38. The van der Waals surface area contributed by atoms with E-state index in [0.717, 1.165) is 10.5 Å². The minimum absolute atomic E-state index is 0. The Bertz CT molecular complexity index is 837. The molecule has 2 atom stereocenters. The molecule has 0 bridgehead atoms. The average molecular weight is 426 g/mol. The van der Waals surface area contributed by atoms with Crippen molar-refractivity contribution >= 4 is 35.8 Å². The number of carbonyl (C=O) groups excluding carboxylic acids is 1. The summed E-state index contributed by atoms with van der Waals surface area (Å²) < 4.78 is 13.6. The van der Waals surface area contributed by atoms with Crippen LogP contribution in [0.1, 0.15) is 18.5 Å². The van der Waals surface area contributed by atoms with Crippen LogP contribution in [0.5, 0.6) is 0 Å². The first-order valence-electron chi connectivity index (χ1n) is 8.63. The summed E-state index contributed by atoms with van der Waals surface area (Å²) in [7, 11) is 0. The minimum atomic E-state index is -0.451. The number of nitro benzene ring substituents is 1. The highest BCUT2D eigenvalue weighted by Crippen LogP contribution is 2.30. The summed E-state index contributed by atoms with van der Waals surface area (Å²) in [5.41, 5.74) is 0.787. The normalized spacial score (nSPS) is 17.5. The van der Waals surface area contributed by atoms with Crippen LogP contribution in [0.15, 0.2) is 53.4 Å². The third kappa shape index (κ3) is 5.21. The predicted octanol–water partition coefficient (Wildman–Crippen LogP) is 3.81. The summed E-state index contributed by atoms with van der Waals surface area (Å²) in [5.74, 6) is -0.354. The van der Waals surface area contributed by atoms with E-state index in [9.17, 15) is 19.3 Å². The first kappa shape index (κ1) is 22.1. The van der Waals surface area contributed by atoms with Gasteiger partial charge in [0.05, 0.1) is 16.2 Å². The van der Waals surface area contributed by atoms with Gasteiger partial charge in [-0.1, -0.05) is 12.1 Å². The molecule has 0 spiro atoms. The van der Waals surface area contributed by atoms with Gasteiger partial charge in [0, 0.05) is 36.7 Å². The van der Waals surface area contributed by atoms with Crippen LogP contribution in [-0.4, -0.2) is 40.6 Å². The number of hydrogen-bond acceptors (Lipinski definition) is 5. The molecule has 9 heteroatoms. The minimum Gasteiger partial charge on any atom is -0.332 e. The lowest BCUT2D eigenvalue weighted by atomic mass is 10.0. The number of benzene rings is 2. The molecule has 1 saturated heterocycles. The van der Waals surface area contributed by atoms with Crippen molar-refractivity contribution in [3.63, 3.8) is 0 Å². The van der Waals surface area contributed by atoms with Crippen LogP contribution in [0.3, 0.4) is 0 Å². The Morgan fingerprint density at radius 2 is 2.04 bits per heavy atom. The summed E-state index contributed by atoms with van der Waals surface area (Å²) in [5, 5.41) is 13.6. The van der Waals surface area contributed by atoms with Crippen molar-refractivity contribution in [2.45, 2.75) is 23.1 Å². The van der Waals surface area contributed by atoms with Gasteiger partial charge < -0.3 is 10.2 Å². The molecule has 1 heterocycles. The van der Waals surface area contributed by atoms with Gasteiger partial charge in [-0.3, -0.25) is 14.9 Å². The van der Waals surface area contributed by atoms with Crippen LogP contribution in [0, 0.1) is 15.9 Å². The molecule has 1 fully saturated rings. The summed E-state index contributed by atoms with van der Waals surface area (Å²) in [6, 6.07) is 12.3. The van der Waals surface area contributed by atoms with Crippen molar-refractivity contribution in [2.24, 2.45) is 0 Å². The van der Waals surface area contributed by atoms with Crippen LogP contribution in [0.4, 0.5) is 10.1 Å². The number of non-ortho nitro benzene ring substituents is 1. The third-order valence-electron chi connectivity index (χ3n) is 4.47. The molecule has 28 heavy (non-hydrogen) atoms. The molecule has 1 amide bonds. The van der Waals surface area contributed by atoms with Gasteiger partial charge in [-0.05, 0) is 36.8 Å². The fraction of sp³-hybridized carbons (Fsp3) is 0.316. The number of amides is 1. The number of piperazine rings is 1. The van der Waals surface area contributed by atoms with E-state index >= 15 is 0 Å². The number of thioether (sulfide) groups is 1. The molecule has 2 aromatic carbocycles. The van der Waals surface area contributed by atoms with E-state index in [1.54, 1.807) is 23.1 Å². The molecular formula is C19H21ClFN3O3S. The van der Waals surface area contributed by atoms with Gasteiger partial charge in [0.1, 0.15) is 5.82 Å². The SMILES string of the molecule is CC(Sc1ccc([N+](=O)[O-])cc1)C(=O)N1CCNCC1c1cccc(F)c1.Cl. The second kappa shape index (κ2) is 9.86. The van der Waals surface area contributed by atoms with E-state index in [4.69, 9.17) is 0 Å². The van der Waals surface area contributed by atoms with Gasteiger partial charge >= 0.3 is 0 Å². The van der Waals surface area contributed by atoms with Crippen LogP contribution in [-0.2, 0) is 4.79 Å². The zero-order chi connectivity index (χ0) is 19.4. The van der Waals surface area contributed by atoms with Gasteiger partial charge in [0.25, 0.3) is 5.69 Å². The lowest BCUT2D eigenvalue weighted by molar-refractivity contribution is -0.384. The van der Waals surface area contributed by atoms with E-state index in [-0.39, 0.29) is 41.1 Å². The number of nitrogens with zero attached hydrogens (tertiary/aromatic N) is 2. The van der Waals surface area contributed by atoms with Crippen molar-refractivity contribution in [2.75, 3.05) is 19.6 Å². The summed E-state index contributed by atoms with van der Waals surface area (Å²) in [4.78, 5) is 25.9. The molecule has 3 rings (SSSR count). The zero-order valence-electron chi connectivity index (χ0n) is 15.2. The first-order chi connectivity index (χ1) is 13.0. The number of nitro groups is 1. The largest absolute Gasteiger partial charge is 0.332 e. The van der Waals surface area contributed by atoms with Crippen LogP contribution in [0.2, 0.25) is 0 Å². The number of halogens is 2. The van der Waals surface area contributed by atoms with Crippen LogP contribution in [0.25, 0.3) is 0 Å². The number of nitrogens with one attached hydrogen (secondary N) is 1. The molecule has 2 unspecified atom stereocenters. The van der Waals surface area contributed by atoms with Crippen molar-refractivity contribution in [1.82, 2.24) is 10.2 Å². The Labute approximate surface area is 173 Å². The Hall–Kier alpha value is -2.16. The maximum Gasteiger partial charge on any atom is 0.269 e. The fourth-order valence-electron chi connectivity index (χ4n) is 3.11. The van der Waals surface area contributed by atoms with Gasteiger partial charge in [0.2, 0.25) is 5.91 Å². The van der Waals surface area contributed by atoms with Gasteiger partial charge in [0.15, 0.2) is 0 Å². The second-order valence-electron chi connectivity index (χ2n) is 6.32. The summed E-state index contributed by atoms with van der Waals surface area (Å²) >= 11 is 1.36. The highest BCUT2D eigenvalue weighted by molar-refractivity contribution is 8.00. The molecule has 6 nitrogen and oxygen atoms in total. The number of carbonyl (C=O) groups is 1. The van der Waals surface area contributed by atoms with E-state index in [1.807, 2.05) is 13.0 Å². The molecule has 1 N–H and O–H groups in total.